The Kier molecular flexibility index (Phi) is 6.98. The first-order chi connectivity index (χ1) is 16.7. The average molecular weight is 493 g/mol. The Morgan fingerprint density at radius 2 is 1.66 bits per heavy atom. The molecule has 1 aromatic heterocycles. The summed E-state index contributed by atoms with van der Waals surface area (Å²) >= 11 is 0. The number of sulfone groups is 1. The molecule has 0 spiro atoms. The molecule has 2 amide bonds. The molecule has 0 aliphatic carbocycles. The van der Waals surface area contributed by atoms with Crippen LogP contribution in [-0.4, -0.2) is 36.0 Å². The van der Waals surface area contributed by atoms with Crippen molar-refractivity contribution in [3.63, 3.8) is 0 Å². The average Bonchev–Trinajstić information content (AvgIpc) is 2.86. The van der Waals surface area contributed by atoms with Gasteiger partial charge in [-0.15, -0.1) is 0 Å². The predicted octanol–water partition coefficient (Wildman–Crippen LogP) is 3.56. The SMILES string of the molecule is CCS(=O)(=O)c1ccc(CNC(=O)c2ccc(N3C(=O)[C@H](C(C)C)[C@H]3c3cncnc3)cc2)cc1. The molecular weight excluding hydrogens is 464 g/mol. The van der Waals surface area contributed by atoms with Gasteiger partial charge in [0.2, 0.25) is 5.91 Å². The van der Waals surface area contributed by atoms with Crippen LogP contribution in [-0.2, 0) is 21.2 Å². The van der Waals surface area contributed by atoms with Crippen LogP contribution in [0, 0.1) is 11.8 Å². The van der Waals surface area contributed by atoms with E-state index in [0.29, 0.717) is 11.3 Å². The summed E-state index contributed by atoms with van der Waals surface area (Å²) < 4.78 is 23.9. The van der Waals surface area contributed by atoms with Gasteiger partial charge >= 0.3 is 0 Å². The van der Waals surface area contributed by atoms with E-state index in [-0.39, 0.29) is 46.9 Å². The largest absolute Gasteiger partial charge is 0.348 e. The minimum Gasteiger partial charge on any atom is -0.348 e. The number of benzene rings is 2. The van der Waals surface area contributed by atoms with E-state index in [2.05, 4.69) is 15.3 Å². The quantitative estimate of drug-likeness (QED) is 0.482. The second-order valence-corrected chi connectivity index (χ2v) is 11.1. The Morgan fingerprint density at radius 1 is 1.03 bits per heavy atom. The van der Waals surface area contributed by atoms with E-state index in [9.17, 15) is 18.0 Å². The van der Waals surface area contributed by atoms with Crippen LogP contribution in [0.4, 0.5) is 5.69 Å². The maximum atomic E-state index is 12.9. The third-order valence-electron chi connectivity index (χ3n) is 6.30. The third kappa shape index (κ3) is 4.95. The van der Waals surface area contributed by atoms with Gasteiger partial charge in [0.05, 0.1) is 22.6 Å². The zero-order valence-electron chi connectivity index (χ0n) is 19.9. The van der Waals surface area contributed by atoms with E-state index in [1.165, 1.54) is 6.33 Å². The number of aromatic nitrogens is 2. The number of nitrogens with one attached hydrogen (secondary N) is 1. The summed E-state index contributed by atoms with van der Waals surface area (Å²) in [4.78, 5) is 35.8. The summed E-state index contributed by atoms with van der Waals surface area (Å²) in [5.74, 6) is -0.155. The first kappa shape index (κ1) is 24.5. The van der Waals surface area contributed by atoms with Gasteiger partial charge in [-0.2, -0.15) is 0 Å². The summed E-state index contributed by atoms with van der Waals surface area (Å²) in [6.45, 7) is 5.93. The summed E-state index contributed by atoms with van der Waals surface area (Å²) in [6, 6.07) is 13.3. The van der Waals surface area contributed by atoms with Crippen LogP contribution in [0.25, 0.3) is 0 Å². The number of hydrogen-bond acceptors (Lipinski definition) is 6. The molecule has 0 unspecified atom stereocenters. The Labute approximate surface area is 205 Å². The van der Waals surface area contributed by atoms with Crippen molar-refractivity contribution in [2.45, 2.75) is 38.3 Å². The molecule has 8 nitrogen and oxygen atoms in total. The highest BCUT2D eigenvalue weighted by atomic mass is 32.2. The molecule has 9 heteroatoms. The zero-order valence-corrected chi connectivity index (χ0v) is 20.7. The van der Waals surface area contributed by atoms with Crippen LogP contribution in [0.15, 0.2) is 72.1 Å². The second kappa shape index (κ2) is 9.95. The first-order valence-electron chi connectivity index (χ1n) is 11.5. The molecule has 1 aliphatic heterocycles. The first-order valence-corrected chi connectivity index (χ1v) is 13.2. The minimum absolute atomic E-state index is 0.0413. The van der Waals surface area contributed by atoms with Crippen LogP contribution >= 0.6 is 0 Å². The molecule has 2 atom stereocenters. The molecule has 1 fully saturated rings. The van der Waals surface area contributed by atoms with Crippen molar-refractivity contribution in [1.82, 2.24) is 15.3 Å². The van der Waals surface area contributed by atoms with E-state index >= 15 is 0 Å². The van der Waals surface area contributed by atoms with Crippen molar-refractivity contribution < 1.29 is 18.0 Å². The second-order valence-electron chi connectivity index (χ2n) is 8.87. The monoisotopic (exact) mass is 492 g/mol. The highest BCUT2D eigenvalue weighted by molar-refractivity contribution is 7.91. The fourth-order valence-corrected chi connectivity index (χ4v) is 5.19. The maximum Gasteiger partial charge on any atom is 0.251 e. The summed E-state index contributed by atoms with van der Waals surface area (Å²) in [6.07, 6.45) is 4.94. The van der Waals surface area contributed by atoms with E-state index in [4.69, 9.17) is 0 Å². The lowest BCUT2D eigenvalue weighted by molar-refractivity contribution is -0.132. The van der Waals surface area contributed by atoms with E-state index < -0.39 is 9.84 Å². The fourth-order valence-electron chi connectivity index (χ4n) is 4.31. The van der Waals surface area contributed by atoms with Gasteiger partial charge in [0.1, 0.15) is 6.33 Å². The van der Waals surface area contributed by atoms with Crippen molar-refractivity contribution in [1.29, 1.82) is 0 Å². The number of carbonyl (C=O) groups excluding carboxylic acids is 2. The molecule has 182 valence electrons. The van der Waals surface area contributed by atoms with Crippen molar-refractivity contribution in [3.05, 3.63) is 83.9 Å². The van der Waals surface area contributed by atoms with Crippen LogP contribution in [0.5, 0.6) is 0 Å². The lowest BCUT2D eigenvalue weighted by atomic mass is 9.76. The number of β-lactam (4-membered cyclic amide) rings is 1. The van der Waals surface area contributed by atoms with Crippen LogP contribution < -0.4 is 10.2 Å². The standard InChI is InChI=1S/C26H28N4O4S/c1-4-35(33,34)22-11-5-18(6-12-22)13-29-25(31)19-7-9-21(10-8-19)30-24(20-14-27-16-28-15-20)23(17(2)3)26(30)32/h5-12,14-17,23-24H,4,13H2,1-3H3,(H,29,31)/t23-,24-/m1/s1. The van der Waals surface area contributed by atoms with Gasteiger partial charge in [0, 0.05) is 35.8 Å². The summed E-state index contributed by atoms with van der Waals surface area (Å²) in [5, 5.41) is 2.84. The van der Waals surface area contributed by atoms with Gasteiger partial charge in [0.15, 0.2) is 9.84 Å². The van der Waals surface area contributed by atoms with Crippen molar-refractivity contribution in [2.75, 3.05) is 10.7 Å². The molecule has 0 radical (unpaired) electrons. The summed E-state index contributed by atoms with van der Waals surface area (Å²) in [5.41, 5.74) is 2.85. The van der Waals surface area contributed by atoms with Crippen molar-refractivity contribution in [3.8, 4) is 0 Å². The highest BCUT2D eigenvalue weighted by Crippen LogP contribution is 2.46. The number of rotatable bonds is 8. The van der Waals surface area contributed by atoms with Gasteiger partial charge in [-0.3, -0.25) is 9.59 Å². The smallest absolute Gasteiger partial charge is 0.251 e. The fraction of sp³-hybridized carbons (Fsp3) is 0.308. The Balaban J connectivity index is 1.44. The molecule has 4 rings (SSSR count). The van der Waals surface area contributed by atoms with Crippen LogP contribution in [0.2, 0.25) is 0 Å². The number of amides is 2. The van der Waals surface area contributed by atoms with Gasteiger partial charge in [-0.1, -0.05) is 32.9 Å². The number of nitrogens with zero attached hydrogens (tertiary/aromatic N) is 3. The Bertz CT molecular complexity index is 1310. The number of anilines is 1. The highest BCUT2D eigenvalue weighted by Gasteiger charge is 2.50. The van der Waals surface area contributed by atoms with Crippen LogP contribution in [0.3, 0.4) is 0 Å². The lowest BCUT2D eigenvalue weighted by Crippen LogP contribution is -2.57. The van der Waals surface area contributed by atoms with E-state index in [0.717, 1.165) is 11.1 Å². The molecule has 1 aliphatic rings. The van der Waals surface area contributed by atoms with Gasteiger partial charge in [-0.05, 0) is 47.9 Å². The molecule has 0 bridgehead atoms. The maximum absolute atomic E-state index is 12.9. The van der Waals surface area contributed by atoms with E-state index in [1.807, 2.05) is 13.8 Å². The molecule has 2 aromatic carbocycles. The van der Waals surface area contributed by atoms with Gasteiger partial charge in [-0.25, -0.2) is 18.4 Å². The normalized spacial score (nSPS) is 17.8. The molecule has 1 N–H and O–H groups in total. The van der Waals surface area contributed by atoms with Gasteiger partial charge in [0.25, 0.3) is 5.91 Å². The molecule has 35 heavy (non-hydrogen) atoms. The number of carbonyl (C=O) groups is 2. The Hall–Kier alpha value is -3.59. The minimum atomic E-state index is -3.25. The zero-order chi connectivity index (χ0) is 25.2. The summed E-state index contributed by atoms with van der Waals surface area (Å²) in [7, 11) is -3.25. The van der Waals surface area contributed by atoms with E-state index in [1.54, 1.807) is 72.7 Å². The Morgan fingerprint density at radius 3 is 2.23 bits per heavy atom. The molecule has 0 saturated carbocycles. The van der Waals surface area contributed by atoms with Gasteiger partial charge < -0.3 is 10.2 Å². The number of hydrogen-bond donors (Lipinski definition) is 1. The predicted molar refractivity (Wildman–Crippen MR) is 132 cm³/mol. The molecule has 1 saturated heterocycles. The van der Waals surface area contributed by atoms with Crippen molar-refractivity contribution in [2.24, 2.45) is 11.8 Å². The molecular formula is C26H28N4O4S. The van der Waals surface area contributed by atoms with Crippen LogP contribution in [0.1, 0.15) is 48.3 Å². The molecule has 2 heterocycles. The third-order valence-corrected chi connectivity index (χ3v) is 8.05. The van der Waals surface area contributed by atoms with Crippen molar-refractivity contribution >= 4 is 27.3 Å². The topological polar surface area (TPSA) is 109 Å². The molecule has 3 aromatic rings. The lowest BCUT2D eigenvalue weighted by Gasteiger charge is -2.49.